The Labute approximate surface area is 116 Å². The fourth-order valence-corrected chi connectivity index (χ4v) is 2.44. The molecule has 0 saturated heterocycles. The van der Waals surface area contributed by atoms with Gasteiger partial charge in [0.1, 0.15) is 5.60 Å². The maximum Gasteiger partial charge on any atom is 0.410 e. The summed E-state index contributed by atoms with van der Waals surface area (Å²) < 4.78 is 5.30. The monoisotopic (exact) mass is 271 g/mol. The lowest BCUT2D eigenvalue weighted by atomic mass is 10.0. The van der Waals surface area contributed by atoms with Gasteiger partial charge >= 0.3 is 6.09 Å². The molecule has 3 N–H and O–H groups in total. The molecule has 5 heteroatoms. The number of nitrogens with two attached hydrogens (primary N) is 1. The second-order valence-electron chi connectivity index (χ2n) is 6.39. The number of rotatable bonds is 5. The molecule has 0 aromatic heterocycles. The molecular formula is C14H29N3O2. The quantitative estimate of drug-likeness (QED) is 0.796. The van der Waals surface area contributed by atoms with Crippen molar-refractivity contribution in [2.45, 2.75) is 51.7 Å². The van der Waals surface area contributed by atoms with Crippen LogP contribution in [0.15, 0.2) is 0 Å². The summed E-state index contributed by atoms with van der Waals surface area (Å²) in [5.74, 6) is 0.590. The largest absolute Gasteiger partial charge is 0.444 e. The minimum Gasteiger partial charge on any atom is -0.444 e. The van der Waals surface area contributed by atoms with Crippen molar-refractivity contribution in [2.24, 2.45) is 11.7 Å². The molecule has 0 spiro atoms. The molecule has 19 heavy (non-hydrogen) atoms. The van der Waals surface area contributed by atoms with Gasteiger partial charge in [-0.05, 0) is 46.1 Å². The molecule has 1 saturated carbocycles. The standard InChI is InChI=1S/C14H29N3O2/c1-14(2,3)19-13(18)17(4)9-8-16-12-7-5-6-11(12)10-15/h11-12,16H,5-10,15H2,1-4H3. The number of likely N-dealkylation sites (N-methyl/N-ethyl adjacent to an activating group) is 1. The van der Waals surface area contributed by atoms with Gasteiger partial charge in [0.2, 0.25) is 0 Å². The normalized spacial score (nSPS) is 23.4. The van der Waals surface area contributed by atoms with E-state index in [4.69, 9.17) is 10.5 Å². The highest BCUT2D eigenvalue weighted by molar-refractivity contribution is 5.67. The van der Waals surface area contributed by atoms with Crippen LogP contribution in [0.3, 0.4) is 0 Å². The number of carbonyl (C=O) groups is 1. The summed E-state index contributed by atoms with van der Waals surface area (Å²) in [7, 11) is 1.77. The highest BCUT2D eigenvalue weighted by Gasteiger charge is 2.25. The van der Waals surface area contributed by atoms with Crippen LogP contribution in [0.5, 0.6) is 0 Å². The van der Waals surface area contributed by atoms with E-state index in [1.54, 1.807) is 11.9 Å². The molecule has 112 valence electrons. The van der Waals surface area contributed by atoms with Crippen molar-refractivity contribution in [1.82, 2.24) is 10.2 Å². The van der Waals surface area contributed by atoms with Crippen molar-refractivity contribution in [3.63, 3.8) is 0 Å². The van der Waals surface area contributed by atoms with Gasteiger partial charge in [-0.15, -0.1) is 0 Å². The first-order valence-electron chi connectivity index (χ1n) is 7.21. The van der Waals surface area contributed by atoms with Crippen LogP contribution in [0.1, 0.15) is 40.0 Å². The van der Waals surface area contributed by atoms with E-state index in [0.717, 1.165) is 13.1 Å². The lowest BCUT2D eigenvalue weighted by Crippen LogP contribution is -2.42. The number of nitrogens with one attached hydrogen (secondary N) is 1. The molecule has 0 radical (unpaired) electrons. The van der Waals surface area contributed by atoms with Crippen LogP contribution in [-0.4, -0.2) is 49.3 Å². The Bertz CT molecular complexity index is 289. The molecule has 0 aliphatic heterocycles. The first-order chi connectivity index (χ1) is 8.83. The average Bonchev–Trinajstić information content (AvgIpc) is 2.74. The summed E-state index contributed by atoms with van der Waals surface area (Å²) in [5.41, 5.74) is 5.31. The maximum atomic E-state index is 11.8. The Morgan fingerprint density at radius 2 is 2.11 bits per heavy atom. The van der Waals surface area contributed by atoms with Gasteiger partial charge in [0.05, 0.1) is 0 Å². The zero-order chi connectivity index (χ0) is 14.5. The number of amides is 1. The molecule has 2 unspecified atom stereocenters. The fraction of sp³-hybridized carbons (Fsp3) is 0.929. The van der Waals surface area contributed by atoms with Crippen molar-refractivity contribution in [2.75, 3.05) is 26.7 Å². The molecule has 1 rings (SSSR count). The lowest BCUT2D eigenvalue weighted by molar-refractivity contribution is 0.0299. The van der Waals surface area contributed by atoms with Gasteiger partial charge in [-0.3, -0.25) is 0 Å². The molecule has 0 bridgehead atoms. The third-order valence-electron chi connectivity index (χ3n) is 3.52. The van der Waals surface area contributed by atoms with Crippen molar-refractivity contribution >= 4 is 6.09 Å². The summed E-state index contributed by atoms with van der Waals surface area (Å²) in [6.45, 7) is 7.82. The van der Waals surface area contributed by atoms with Gasteiger partial charge in [0.15, 0.2) is 0 Å². The minimum atomic E-state index is -0.436. The number of nitrogens with zero attached hydrogens (tertiary/aromatic N) is 1. The van der Waals surface area contributed by atoms with Gasteiger partial charge in [-0.1, -0.05) is 6.42 Å². The van der Waals surface area contributed by atoms with E-state index in [2.05, 4.69) is 5.32 Å². The van der Waals surface area contributed by atoms with Gasteiger partial charge in [0, 0.05) is 26.2 Å². The summed E-state index contributed by atoms with van der Waals surface area (Å²) in [6.07, 6.45) is 3.39. The number of ether oxygens (including phenoxy) is 1. The summed E-state index contributed by atoms with van der Waals surface area (Å²) in [4.78, 5) is 13.4. The summed E-state index contributed by atoms with van der Waals surface area (Å²) in [6, 6.07) is 0.511. The number of hydrogen-bond donors (Lipinski definition) is 2. The molecule has 0 aromatic rings. The SMILES string of the molecule is CN(CCNC1CCCC1CN)C(=O)OC(C)(C)C. The number of hydrogen-bond acceptors (Lipinski definition) is 4. The molecule has 0 aromatic carbocycles. The van der Waals surface area contributed by atoms with Crippen LogP contribution in [0.2, 0.25) is 0 Å². The van der Waals surface area contributed by atoms with Crippen LogP contribution in [0.25, 0.3) is 0 Å². The van der Waals surface area contributed by atoms with Crippen molar-refractivity contribution in [1.29, 1.82) is 0 Å². The van der Waals surface area contributed by atoms with Crippen molar-refractivity contribution in [3.8, 4) is 0 Å². The minimum absolute atomic E-state index is 0.268. The molecule has 5 nitrogen and oxygen atoms in total. The third-order valence-corrected chi connectivity index (χ3v) is 3.52. The Hall–Kier alpha value is -0.810. The van der Waals surface area contributed by atoms with E-state index >= 15 is 0 Å². The van der Waals surface area contributed by atoms with Crippen molar-refractivity contribution < 1.29 is 9.53 Å². The molecule has 1 amide bonds. The van der Waals surface area contributed by atoms with Gasteiger partial charge in [-0.2, -0.15) is 0 Å². The topological polar surface area (TPSA) is 67.6 Å². The zero-order valence-corrected chi connectivity index (χ0v) is 12.7. The fourth-order valence-electron chi connectivity index (χ4n) is 2.44. The first kappa shape index (κ1) is 16.2. The molecule has 2 atom stereocenters. The van der Waals surface area contributed by atoms with Gasteiger partial charge < -0.3 is 20.7 Å². The first-order valence-corrected chi connectivity index (χ1v) is 7.21. The third kappa shape index (κ3) is 5.78. The van der Waals surface area contributed by atoms with E-state index in [9.17, 15) is 4.79 Å². The second kappa shape index (κ2) is 7.10. The van der Waals surface area contributed by atoms with Crippen molar-refractivity contribution in [3.05, 3.63) is 0 Å². The smallest absolute Gasteiger partial charge is 0.410 e. The zero-order valence-electron chi connectivity index (χ0n) is 12.7. The molecule has 0 heterocycles. The Morgan fingerprint density at radius 3 is 2.68 bits per heavy atom. The van der Waals surface area contributed by atoms with Crippen LogP contribution in [0, 0.1) is 5.92 Å². The Kier molecular flexibility index (Phi) is 6.07. The molecular weight excluding hydrogens is 242 g/mol. The van der Waals surface area contributed by atoms with Crippen LogP contribution < -0.4 is 11.1 Å². The van der Waals surface area contributed by atoms with E-state index in [0.29, 0.717) is 18.5 Å². The lowest BCUT2D eigenvalue weighted by Gasteiger charge is -2.26. The second-order valence-corrected chi connectivity index (χ2v) is 6.39. The highest BCUT2D eigenvalue weighted by atomic mass is 16.6. The Morgan fingerprint density at radius 1 is 1.42 bits per heavy atom. The predicted molar refractivity (Wildman–Crippen MR) is 77.1 cm³/mol. The van der Waals surface area contributed by atoms with Gasteiger partial charge in [-0.25, -0.2) is 4.79 Å². The summed E-state index contributed by atoms with van der Waals surface area (Å²) in [5, 5.41) is 3.50. The average molecular weight is 271 g/mol. The van der Waals surface area contributed by atoms with Crippen LogP contribution >= 0.6 is 0 Å². The van der Waals surface area contributed by atoms with E-state index < -0.39 is 5.60 Å². The van der Waals surface area contributed by atoms with Crippen LogP contribution in [-0.2, 0) is 4.74 Å². The predicted octanol–water partition coefficient (Wildman–Crippen LogP) is 1.57. The number of carbonyl (C=O) groups excluding carboxylic acids is 1. The highest BCUT2D eigenvalue weighted by Crippen LogP contribution is 2.24. The molecule has 1 aliphatic carbocycles. The summed E-state index contributed by atoms with van der Waals surface area (Å²) >= 11 is 0. The van der Waals surface area contributed by atoms with Crippen LogP contribution in [0.4, 0.5) is 4.79 Å². The van der Waals surface area contributed by atoms with Gasteiger partial charge in [0.25, 0.3) is 0 Å². The Balaban J connectivity index is 2.23. The molecule has 1 fully saturated rings. The maximum absolute atomic E-state index is 11.8. The van der Waals surface area contributed by atoms with E-state index in [1.165, 1.54) is 19.3 Å². The van der Waals surface area contributed by atoms with E-state index in [1.807, 2.05) is 20.8 Å². The van der Waals surface area contributed by atoms with E-state index in [-0.39, 0.29) is 6.09 Å². The molecule has 1 aliphatic rings.